The molecule has 0 spiro atoms. The molecular weight excluding hydrogens is 206 g/mol. The molecule has 0 unspecified atom stereocenters. The molecule has 0 aromatic heterocycles. The van der Waals surface area contributed by atoms with Crippen LogP contribution in [0.15, 0.2) is 12.2 Å². The van der Waals surface area contributed by atoms with Crippen molar-refractivity contribution in [2.24, 2.45) is 5.92 Å². The summed E-state index contributed by atoms with van der Waals surface area (Å²) in [5.41, 5.74) is 0. The van der Waals surface area contributed by atoms with Crippen molar-refractivity contribution in [2.75, 3.05) is 6.54 Å². The molecule has 1 aliphatic rings. The fourth-order valence-electron chi connectivity index (χ4n) is 1.44. The first-order valence-corrected chi connectivity index (χ1v) is 5.71. The van der Waals surface area contributed by atoms with Gasteiger partial charge in [0, 0.05) is 12.6 Å². The third kappa shape index (κ3) is 4.47. The molecule has 90 valence electrons. The molecule has 1 rings (SSSR count). The van der Waals surface area contributed by atoms with Crippen LogP contribution in [0.4, 0.5) is 0 Å². The Labute approximate surface area is 95.9 Å². The summed E-state index contributed by atoms with van der Waals surface area (Å²) in [6, 6.07) is 0.0377. The predicted octanol–water partition coefficient (Wildman–Crippen LogP) is 1.66. The van der Waals surface area contributed by atoms with E-state index >= 15 is 0 Å². The number of carbonyl (C=O) groups excluding carboxylic acids is 1. The average Bonchev–Trinajstić information content (AvgIpc) is 2.97. The molecule has 4 heteroatoms. The maximum absolute atomic E-state index is 11.8. The number of rotatable bonds is 6. The van der Waals surface area contributed by atoms with Crippen LogP contribution in [0.1, 0.15) is 33.1 Å². The Kier molecular flexibility index (Phi) is 4.52. The third-order valence-corrected chi connectivity index (χ3v) is 2.61. The van der Waals surface area contributed by atoms with Crippen LogP contribution in [-0.2, 0) is 9.59 Å². The standard InChI is InChI=1S/C12H19NO3/c1-9(2)13(8-7-12(15)16)11(14)6-5-10-3-4-10/h5-6,9-10H,3-4,7-8H2,1-2H3,(H,15,16)/b6-5+. The number of amides is 1. The van der Waals surface area contributed by atoms with Crippen molar-refractivity contribution in [1.82, 2.24) is 4.90 Å². The summed E-state index contributed by atoms with van der Waals surface area (Å²) in [4.78, 5) is 23.8. The number of carboxylic acids is 1. The van der Waals surface area contributed by atoms with Gasteiger partial charge in [0.25, 0.3) is 0 Å². The summed E-state index contributed by atoms with van der Waals surface area (Å²) in [7, 11) is 0. The van der Waals surface area contributed by atoms with Gasteiger partial charge in [0.1, 0.15) is 0 Å². The van der Waals surface area contributed by atoms with Gasteiger partial charge in [-0.25, -0.2) is 0 Å². The van der Waals surface area contributed by atoms with Gasteiger partial charge >= 0.3 is 5.97 Å². The minimum absolute atomic E-state index is 0.00118. The number of aliphatic carboxylic acids is 1. The Hall–Kier alpha value is -1.32. The second-order valence-corrected chi connectivity index (χ2v) is 4.47. The van der Waals surface area contributed by atoms with E-state index in [-0.39, 0.29) is 24.9 Å². The quantitative estimate of drug-likeness (QED) is 0.699. The fraction of sp³-hybridized carbons (Fsp3) is 0.667. The maximum atomic E-state index is 11.8. The minimum atomic E-state index is -0.871. The molecule has 0 aromatic carbocycles. The smallest absolute Gasteiger partial charge is 0.305 e. The van der Waals surface area contributed by atoms with Crippen molar-refractivity contribution < 1.29 is 14.7 Å². The zero-order chi connectivity index (χ0) is 12.1. The van der Waals surface area contributed by atoms with Crippen molar-refractivity contribution in [1.29, 1.82) is 0 Å². The van der Waals surface area contributed by atoms with E-state index in [1.165, 1.54) is 12.8 Å². The van der Waals surface area contributed by atoms with Gasteiger partial charge in [-0.3, -0.25) is 9.59 Å². The monoisotopic (exact) mass is 225 g/mol. The zero-order valence-electron chi connectivity index (χ0n) is 9.85. The van der Waals surface area contributed by atoms with E-state index in [1.807, 2.05) is 19.9 Å². The van der Waals surface area contributed by atoms with E-state index in [1.54, 1.807) is 11.0 Å². The first-order chi connectivity index (χ1) is 7.50. The van der Waals surface area contributed by atoms with Crippen molar-refractivity contribution in [3.8, 4) is 0 Å². The summed E-state index contributed by atoms with van der Waals surface area (Å²) in [5.74, 6) is -0.384. The topological polar surface area (TPSA) is 57.6 Å². The summed E-state index contributed by atoms with van der Waals surface area (Å²) >= 11 is 0. The maximum Gasteiger partial charge on any atom is 0.305 e. The number of carbonyl (C=O) groups is 2. The lowest BCUT2D eigenvalue weighted by Gasteiger charge is -2.24. The van der Waals surface area contributed by atoms with Gasteiger partial charge in [0.15, 0.2) is 0 Å². The lowest BCUT2D eigenvalue weighted by atomic mass is 10.2. The van der Waals surface area contributed by atoms with Crippen molar-refractivity contribution >= 4 is 11.9 Å². The second-order valence-electron chi connectivity index (χ2n) is 4.47. The van der Waals surface area contributed by atoms with E-state index in [0.29, 0.717) is 5.92 Å². The SMILES string of the molecule is CC(C)N(CCC(=O)O)C(=O)/C=C/C1CC1. The van der Waals surface area contributed by atoms with Gasteiger partial charge in [0.05, 0.1) is 6.42 Å². The molecule has 0 aromatic rings. The first-order valence-electron chi connectivity index (χ1n) is 5.71. The molecule has 1 N–H and O–H groups in total. The number of carboxylic acid groups (broad SMARTS) is 1. The van der Waals surface area contributed by atoms with E-state index in [4.69, 9.17) is 5.11 Å². The van der Waals surface area contributed by atoms with Crippen LogP contribution in [0.5, 0.6) is 0 Å². The van der Waals surface area contributed by atoms with E-state index in [2.05, 4.69) is 0 Å². The van der Waals surface area contributed by atoms with Crippen LogP contribution in [0.25, 0.3) is 0 Å². The zero-order valence-corrected chi connectivity index (χ0v) is 9.85. The molecule has 0 bridgehead atoms. The summed E-state index contributed by atoms with van der Waals surface area (Å²) in [6.45, 7) is 4.07. The highest BCUT2D eigenvalue weighted by molar-refractivity contribution is 5.88. The van der Waals surface area contributed by atoms with Gasteiger partial charge in [0.2, 0.25) is 5.91 Å². The van der Waals surface area contributed by atoms with Crippen molar-refractivity contribution in [3.63, 3.8) is 0 Å². The molecule has 0 atom stereocenters. The summed E-state index contributed by atoms with van der Waals surface area (Å²) in [6.07, 6.45) is 5.85. The Morgan fingerprint density at radius 1 is 1.44 bits per heavy atom. The Balaban J connectivity index is 2.46. The van der Waals surface area contributed by atoms with Crippen molar-refractivity contribution in [3.05, 3.63) is 12.2 Å². The van der Waals surface area contributed by atoms with E-state index in [9.17, 15) is 9.59 Å². The Morgan fingerprint density at radius 3 is 2.50 bits per heavy atom. The Bertz CT molecular complexity index is 293. The first kappa shape index (κ1) is 12.7. The molecule has 1 fully saturated rings. The van der Waals surface area contributed by atoms with Crippen LogP contribution in [0.2, 0.25) is 0 Å². The van der Waals surface area contributed by atoms with Crippen LogP contribution in [-0.4, -0.2) is 34.5 Å². The molecule has 0 aliphatic heterocycles. The summed E-state index contributed by atoms with van der Waals surface area (Å²) in [5, 5.41) is 8.60. The second kappa shape index (κ2) is 5.68. The van der Waals surface area contributed by atoms with Gasteiger partial charge in [-0.15, -0.1) is 0 Å². The average molecular weight is 225 g/mol. The lowest BCUT2D eigenvalue weighted by Crippen LogP contribution is -2.37. The lowest BCUT2D eigenvalue weighted by molar-refractivity contribution is -0.138. The van der Waals surface area contributed by atoms with Crippen LogP contribution < -0.4 is 0 Å². The highest BCUT2D eigenvalue weighted by Crippen LogP contribution is 2.30. The number of nitrogens with zero attached hydrogens (tertiary/aromatic N) is 1. The number of allylic oxidation sites excluding steroid dienone is 1. The molecule has 0 radical (unpaired) electrons. The molecule has 16 heavy (non-hydrogen) atoms. The van der Waals surface area contributed by atoms with Crippen molar-refractivity contribution in [2.45, 2.75) is 39.2 Å². The van der Waals surface area contributed by atoms with Crippen LogP contribution >= 0.6 is 0 Å². The largest absolute Gasteiger partial charge is 0.481 e. The molecular formula is C12H19NO3. The number of hydrogen-bond donors (Lipinski definition) is 1. The van der Waals surface area contributed by atoms with Gasteiger partial charge < -0.3 is 10.0 Å². The molecule has 1 aliphatic carbocycles. The molecule has 0 saturated heterocycles. The highest BCUT2D eigenvalue weighted by atomic mass is 16.4. The molecule has 1 saturated carbocycles. The predicted molar refractivity (Wildman–Crippen MR) is 61.0 cm³/mol. The molecule has 1 amide bonds. The molecule has 0 heterocycles. The fourth-order valence-corrected chi connectivity index (χ4v) is 1.44. The normalized spacial score (nSPS) is 15.7. The van der Waals surface area contributed by atoms with E-state index in [0.717, 1.165) is 0 Å². The Morgan fingerprint density at radius 2 is 2.06 bits per heavy atom. The van der Waals surface area contributed by atoms with Crippen LogP contribution in [0.3, 0.4) is 0 Å². The summed E-state index contributed by atoms with van der Waals surface area (Å²) < 4.78 is 0. The third-order valence-electron chi connectivity index (χ3n) is 2.61. The molecule has 4 nitrogen and oxygen atoms in total. The van der Waals surface area contributed by atoms with Gasteiger partial charge in [-0.2, -0.15) is 0 Å². The van der Waals surface area contributed by atoms with E-state index < -0.39 is 5.97 Å². The van der Waals surface area contributed by atoms with Gasteiger partial charge in [-0.05, 0) is 38.7 Å². The number of hydrogen-bond acceptors (Lipinski definition) is 2. The minimum Gasteiger partial charge on any atom is -0.481 e. The highest BCUT2D eigenvalue weighted by Gasteiger charge is 2.20. The van der Waals surface area contributed by atoms with Crippen LogP contribution in [0, 0.1) is 5.92 Å². The van der Waals surface area contributed by atoms with Gasteiger partial charge in [-0.1, -0.05) is 6.08 Å².